The number of hydrogen-bond acceptors (Lipinski definition) is 3. The Labute approximate surface area is 110 Å². The van der Waals surface area contributed by atoms with Crippen molar-refractivity contribution in [1.82, 2.24) is 0 Å². The van der Waals surface area contributed by atoms with Crippen molar-refractivity contribution in [2.75, 3.05) is 30.8 Å². The minimum atomic E-state index is 0.773. The molecule has 0 amide bonds. The Hall–Kier alpha value is -1.38. The summed E-state index contributed by atoms with van der Waals surface area (Å²) in [5.74, 6) is 1.66. The van der Waals surface area contributed by atoms with Crippen LogP contribution in [0.2, 0.25) is 0 Å². The zero-order chi connectivity index (χ0) is 13.0. The van der Waals surface area contributed by atoms with E-state index in [1.165, 1.54) is 25.7 Å². The number of nitrogen functional groups attached to an aromatic ring is 1. The van der Waals surface area contributed by atoms with Crippen LogP contribution in [0, 0.1) is 5.92 Å². The SMILES string of the molecule is CCC1CCCN(c2cccc(OC)c2N)CC1. The second-order valence-electron chi connectivity index (χ2n) is 5.09. The lowest BCUT2D eigenvalue weighted by molar-refractivity contribution is 0.417. The number of hydrogen-bond donors (Lipinski definition) is 1. The maximum atomic E-state index is 6.18. The molecule has 0 spiro atoms. The first-order chi connectivity index (χ1) is 8.76. The molecule has 1 unspecified atom stereocenters. The molecule has 1 fully saturated rings. The molecular weight excluding hydrogens is 224 g/mol. The number of methoxy groups -OCH3 is 1. The Morgan fingerprint density at radius 3 is 2.89 bits per heavy atom. The van der Waals surface area contributed by atoms with E-state index in [0.29, 0.717) is 0 Å². The van der Waals surface area contributed by atoms with Gasteiger partial charge in [-0.05, 0) is 37.3 Å². The van der Waals surface area contributed by atoms with Crippen molar-refractivity contribution in [1.29, 1.82) is 0 Å². The molecule has 3 nitrogen and oxygen atoms in total. The molecule has 0 aromatic heterocycles. The third-order valence-corrected chi connectivity index (χ3v) is 4.03. The van der Waals surface area contributed by atoms with Crippen molar-refractivity contribution in [3.63, 3.8) is 0 Å². The third kappa shape index (κ3) is 2.71. The van der Waals surface area contributed by atoms with E-state index >= 15 is 0 Å². The second-order valence-corrected chi connectivity index (χ2v) is 5.09. The van der Waals surface area contributed by atoms with Crippen LogP contribution in [0.15, 0.2) is 18.2 Å². The molecule has 1 aromatic carbocycles. The summed E-state index contributed by atoms with van der Waals surface area (Å²) in [4.78, 5) is 2.41. The van der Waals surface area contributed by atoms with E-state index in [9.17, 15) is 0 Å². The van der Waals surface area contributed by atoms with E-state index < -0.39 is 0 Å². The molecule has 3 heteroatoms. The maximum Gasteiger partial charge on any atom is 0.143 e. The van der Waals surface area contributed by atoms with Gasteiger partial charge in [0.25, 0.3) is 0 Å². The Kier molecular flexibility index (Phi) is 4.34. The van der Waals surface area contributed by atoms with Gasteiger partial charge in [0, 0.05) is 13.1 Å². The monoisotopic (exact) mass is 248 g/mol. The molecule has 1 saturated heterocycles. The normalized spacial score (nSPS) is 20.6. The van der Waals surface area contributed by atoms with Crippen LogP contribution in [-0.4, -0.2) is 20.2 Å². The molecule has 18 heavy (non-hydrogen) atoms. The highest BCUT2D eigenvalue weighted by Crippen LogP contribution is 2.34. The fourth-order valence-corrected chi connectivity index (χ4v) is 2.80. The largest absolute Gasteiger partial charge is 0.495 e. The molecule has 2 rings (SSSR count). The fourth-order valence-electron chi connectivity index (χ4n) is 2.80. The van der Waals surface area contributed by atoms with Crippen molar-refractivity contribution in [2.45, 2.75) is 32.6 Å². The Balaban J connectivity index is 2.16. The zero-order valence-electron chi connectivity index (χ0n) is 11.5. The van der Waals surface area contributed by atoms with Crippen LogP contribution in [0.4, 0.5) is 11.4 Å². The second kappa shape index (κ2) is 5.98. The van der Waals surface area contributed by atoms with Crippen LogP contribution in [0.1, 0.15) is 32.6 Å². The number of rotatable bonds is 3. The molecule has 1 aromatic rings. The van der Waals surface area contributed by atoms with Gasteiger partial charge < -0.3 is 15.4 Å². The Morgan fingerprint density at radius 2 is 2.17 bits per heavy atom. The van der Waals surface area contributed by atoms with Gasteiger partial charge in [0.15, 0.2) is 0 Å². The lowest BCUT2D eigenvalue weighted by atomic mass is 9.98. The summed E-state index contributed by atoms with van der Waals surface area (Å²) in [6, 6.07) is 6.04. The quantitative estimate of drug-likeness (QED) is 0.834. The topological polar surface area (TPSA) is 38.5 Å². The van der Waals surface area contributed by atoms with E-state index in [-0.39, 0.29) is 0 Å². The maximum absolute atomic E-state index is 6.18. The molecule has 0 bridgehead atoms. The standard InChI is InChI=1S/C15H24N2O/c1-3-12-6-5-10-17(11-9-12)13-7-4-8-14(18-2)15(13)16/h4,7-8,12H,3,5-6,9-11,16H2,1-2H3. The predicted octanol–water partition coefficient (Wildman–Crippen LogP) is 3.29. The van der Waals surface area contributed by atoms with Gasteiger partial charge in [-0.1, -0.05) is 19.4 Å². The molecule has 1 aliphatic heterocycles. The highest BCUT2D eigenvalue weighted by Gasteiger charge is 2.18. The predicted molar refractivity (Wildman–Crippen MR) is 77.3 cm³/mol. The molecule has 1 heterocycles. The summed E-state index contributed by atoms with van der Waals surface area (Å²) < 4.78 is 5.30. The number of ether oxygens (including phenoxy) is 1. The van der Waals surface area contributed by atoms with E-state index in [4.69, 9.17) is 10.5 Å². The molecule has 1 atom stereocenters. The van der Waals surface area contributed by atoms with Crippen LogP contribution in [-0.2, 0) is 0 Å². The molecule has 2 N–H and O–H groups in total. The highest BCUT2D eigenvalue weighted by atomic mass is 16.5. The minimum absolute atomic E-state index is 0.773. The first-order valence-electron chi connectivity index (χ1n) is 6.93. The smallest absolute Gasteiger partial charge is 0.143 e. The lowest BCUT2D eigenvalue weighted by Crippen LogP contribution is -2.25. The van der Waals surface area contributed by atoms with Crippen molar-refractivity contribution in [3.8, 4) is 5.75 Å². The van der Waals surface area contributed by atoms with Crippen molar-refractivity contribution < 1.29 is 4.74 Å². The van der Waals surface area contributed by atoms with Gasteiger partial charge in [-0.2, -0.15) is 0 Å². The van der Waals surface area contributed by atoms with Gasteiger partial charge in [0.1, 0.15) is 5.75 Å². The van der Waals surface area contributed by atoms with E-state index in [1.54, 1.807) is 7.11 Å². The summed E-state index contributed by atoms with van der Waals surface area (Å²) >= 11 is 0. The van der Waals surface area contributed by atoms with Gasteiger partial charge in [0.2, 0.25) is 0 Å². The van der Waals surface area contributed by atoms with E-state index in [0.717, 1.165) is 36.1 Å². The minimum Gasteiger partial charge on any atom is -0.495 e. The van der Waals surface area contributed by atoms with Gasteiger partial charge in [-0.3, -0.25) is 0 Å². The summed E-state index contributed by atoms with van der Waals surface area (Å²) in [7, 11) is 1.67. The van der Waals surface area contributed by atoms with E-state index in [2.05, 4.69) is 17.9 Å². The highest BCUT2D eigenvalue weighted by molar-refractivity contribution is 5.74. The summed E-state index contributed by atoms with van der Waals surface area (Å²) in [6.45, 7) is 4.50. The molecule has 1 aliphatic rings. The average molecular weight is 248 g/mol. The van der Waals surface area contributed by atoms with Crippen LogP contribution < -0.4 is 15.4 Å². The van der Waals surface area contributed by atoms with Gasteiger partial charge in [0.05, 0.1) is 18.5 Å². The third-order valence-electron chi connectivity index (χ3n) is 4.03. The molecule has 0 saturated carbocycles. The number of anilines is 2. The van der Waals surface area contributed by atoms with E-state index in [1.807, 2.05) is 12.1 Å². The van der Waals surface area contributed by atoms with Crippen LogP contribution in [0.25, 0.3) is 0 Å². The molecule has 0 aliphatic carbocycles. The summed E-state index contributed by atoms with van der Waals surface area (Å²) in [5.41, 5.74) is 8.08. The molecular formula is C15H24N2O. The van der Waals surface area contributed by atoms with Crippen molar-refractivity contribution in [3.05, 3.63) is 18.2 Å². The number of para-hydroxylation sites is 1. The molecule has 0 radical (unpaired) electrons. The Morgan fingerprint density at radius 1 is 1.33 bits per heavy atom. The lowest BCUT2D eigenvalue weighted by Gasteiger charge is -2.25. The van der Waals surface area contributed by atoms with Gasteiger partial charge >= 0.3 is 0 Å². The van der Waals surface area contributed by atoms with Crippen molar-refractivity contribution >= 4 is 11.4 Å². The molecule has 100 valence electrons. The Bertz CT molecular complexity index is 392. The average Bonchev–Trinajstić information content (AvgIpc) is 2.64. The first-order valence-corrected chi connectivity index (χ1v) is 6.93. The van der Waals surface area contributed by atoms with Crippen LogP contribution in [0.5, 0.6) is 5.75 Å². The summed E-state index contributed by atoms with van der Waals surface area (Å²) in [5, 5.41) is 0. The number of benzene rings is 1. The van der Waals surface area contributed by atoms with Gasteiger partial charge in [-0.25, -0.2) is 0 Å². The fraction of sp³-hybridized carbons (Fsp3) is 0.600. The van der Waals surface area contributed by atoms with Crippen LogP contribution in [0.3, 0.4) is 0 Å². The van der Waals surface area contributed by atoms with Crippen LogP contribution >= 0.6 is 0 Å². The number of nitrogens with two attached hydrogens (primary N) is 1. The van der Waals surface area contributed by atoms with Gasteiger partial charge in [-0.15, -0.1) is 0 Å². The zero-order valence-corrected chi connectivity index (χ0v) is 11.5. The summed E-state index contributed by atoms with van der Waals surface area (Å²) in [6.07, 6.45) is 5.17. The first kappa shape index (κ1) is 13.1. The number of nitrogens with zero attached hydrogens (tertiary/aromatic N) is 1. The van der Waals surface area contributed by atoms with Crippen molar-refractivity contribution in [2.24, 2.45) is 5.92 Å².